The molecule has 0 saturated carbocycles. The Kier molecular flexibility index (Phi) is 5.15. The smallest absolute Gasteiger partial charge is 0.269 e. The first-order chi connectivity index (χ1) is 10.4. The molecule has 22 heavy (non-hydrogen) atoms. The van der Waals surface area contributed by atoms with Crippen LogP contribution in [0.2, 0.25) is 0 Å². The maximum atomic E-state index is 11.9. The van der Waals surface area contributed by atoms with Crippen LogP contribution in [0.4, 0.5) is 0 Å². The van der Waals surface area contributed by atoms with Gasteiger partial charge >= 0.3 is 0 Å². The molecule has 7 nitrogen and oxygen atoms in total. The fourth-order valence-corrected chi connectivity index (χ4v) is 3.95. The molecule has 0 aliphatic carbocycles. The van der Waals surface area contributed by atoms with Crippen molar-refractivity contribution in [2.75, 3.05) is 18.6 Å². The molecule has 0 radical (unpaired) electrons. The van der Waals surface area contributed by atoms with Crippen molar-refractivity contribution in [3.63, 3.8) is 0 Å². The molecule has 120 valence electrons. The molecule has 8 heteroatoms. The van der Waals surface area contributed by atoms with Crippen LogP contribution >= 0.6 is 0 Å². The second-order valence-corrected chi connectivity index (χ2v) is 7.40. The third kappa shape index (κ3) is 4.28. The van der Waals surface area contributed by atoms with E-state index in [1.54, 1.807) is 31.4 Å². The van der Waals surface area contributed by atoms with E-state index in [9.17, 15) is 18.0 Å². The number of methoxy groups -OCH3 is 1. The zero-order valence-electron chi connectivity index (χ0n) is 12.2. The highest BCUT2D eigenvalue weighted by Gasteiger charge is 2.33. The summed E-state index contributed by atoms with van der Waals surface area (Å²) in [6.07, 6.45) is 0.287. The molecule has 1 aliphatic rings. The van der Waals surface area contributed by atoms with Gasteiger partial charge < -0.3 is 4.74 Å². The number of ether oxygens (including phenoxy) is 1. The molecule has 1 heterocycles. The van der Waals surface area contributed by atoms with E-state index in [-0.39, 0.29) is 17.9 Å². The Balaban J connectivity index is 1.86. The molecule has 1 aliphatic heterocycles. The number of hydrogen-bond donors (Lipinski definition) is 2. The van der Waals surface area contributed by atoms with Gasteiger partial charge in [-0.3, -0.25) is 20.4 Å². The lowest BCUT2D eigenvalue weighted by Gasteiger charge is -2.11. The van der Waals surface area contributed by atoms with Crippen LogP contribution in [0, 0.1) is 5.92 Å². The molecular formula is C14H18N2O5S. The number of nitrogens with one attached hydrogen (secondary N) is 2. The van der Waals surface area contributed by atoms with Crippen LogP contribution in [0.25, 0.3) is 0 Å². The summed E-state index contributed by atoms with van der Waals surface area (Å²) in [5, 5.41) is 0. The highest BCUT2D eigenvalue weighted by Crippen LogP contribution is 2.18. The molecule has 1 atom stereocenters. The van der Waals surface area contributed by atoms with E-state index in [1.807, 2.05) is 0 Å². The highest BCUT2D eigenvalue weighted by atomic mass is 32.2. The molecule has 0 aromatic heterocycles. The van der Waals surface area contributed by atoms with Gasteiger partial charge in [0.25, 0.3) is 5.91 Å². The predicted molar refractivity (Wildman–Crippen MR) is 79.5 cm³/mol. The number of hydrogen-bond acceptors (Lipinski definition) is 5. The third-order valence-electron chi connectivity index (χ3n) is 3.43. The topological polar surface area (TPSA) is 102 Å². The lowest BCUT2D eigenvalue weighted by molar-refractivity contribution is -0.125. The number of carbonyl (C=O) groups excluding carboxylic acids is 2. The molecule has 1 aromatic rings. The van der Waals surface area contributed by atoms with E-state index in [1.165, 1.54) is 0 Å². The number of amides is 2. The Morgan fingerprint density at radius 1 is 1.23 bits per heavy atom. The number of rotatable bonds is 4. The summed E-state index contributed by atoms with van der Waals surface area (Å²) in [5.74, 6) is -1.70. The van der Waals surface area contributed by atoms with Crippen LogP contribution in [-0.4, -0.2) is 38.8 Å². The van der Waals surface area contributed by atoms with Crippen molar-refractivity contribution < 1.29 is 22.7 Å². The molecule has 0 spiro atoms. The second kappa shape index (κ2) is 6.89. The Morgan fingerprint density at radius 2 is 1.91 bits per heavy atom. The molecule has 0 unspecified atom stereocenters. The monoisotopic (exact) mass is 326 g/mol. The minimum atomic E-state index is -3.13. The summed E-state index contributed by atoms with van der Waals surface area (Å²) >= 11 is 0. The maximum absolute atomic E-state index is 11.9. The Bertz CT molecular complexity index is 654. The molecule has 1 fully saturated rings. The van der Waals surface area contributed by atoms with E-state index >= 15 is 0 Å². The molecule has 2 N–H and O–H groups in total. The van der Waals surface area contributed by atoms with Crippen molar-refractivity contribution >= 4 is 21.7 Å². The van der Waals surface area contributed by atoms with Crippen LogP contribution in [0.3, 0.4) is 0 Å². The number of hydrazine groups is 1. The quantitative estimate of drug-likeness (QED) is 0.760. The highest BCUT2D eigenvalue weighted by molar-refractivity contribution is 7.91. The summed E-state index contributed by atoms with van der Waals surface area (Å²) in [6, 6.07) is 6.75. The fraction of sp³-hybridized carbons (Fsp3) is 0.429. The zero-order chi connectivity index (χ0) is 16.2. The Labute approximate surface area is 128 Å². The summed E-state index contributed by atoms with van der Waals surface area (Å²) in [4.78, 5) is 23.7. The first kappa shape index (κ1) is 16.4. The van der Waals surface area contributed by atoms with Gasteiger partial charge in [0.1, 0.15) is 0 Å². The average Bonchev–Trinajstić information content (AvgIpc) is 2.86. The lowest BCUT2D eigenvalue weighted by atomic mass is 10.1. The summed E-state index contributed by atoms with van der Waals surface area (Å²) in [5.41, 5.74) is 5.88. The third-order valence-corrected chi connectivity index (χ3v) is 5.20. The standard InChI is InChI=1S/C14H18N2O5S/c1-21-8-10-2-4-11(5-3-10)13(17)15-16-14(18)12-6-7-22(19,20)9-12/h2-5,12H,6-9H2,1H3,(H,15,17)(H,16,18)/t12-/m0/s1. The van der Waals surface area contributed by atoms with Gasteiger partial charge in [0.2, 0.25) is 5.91 Å². The van der Waals surface area contributed by atoms with Gasteiger partial charge in [-0.25, -0.2) is 8.42 Å². The molecular weight excluding hydrogens is 308 g/mol. The predicted octanol–water partition coefficient (Wildman–Crippen LogP) is 0.0287. The largest absolute Gasteiger partial charge is 0.380 e. The minimum Gasteiger partial charge on any atom is -0.380 e. The van der Waals surface area contributed by atoms with Crippen molar-refractivity contribution in [3.05, 3.63) is 35.4 Å². The van der Waals surface area contributed by atoms with Crippen molar-refractivity contribution in [2.45, 2.75) is 13.0 Å². The van der Waals surface area contributed by atoms with Gasteiger partial charge in [0, 0.05) is 12.7 Å². The normalized spacial score (nSPS) is 19.6. The van der Waals surface area contributed by atoms with Gasteiger partial charge in [-0.2, -0.15) is 0 Å². The van der Waals surface area contributed by atoms with Crippen LogP contribution < -0.4 is 10.9 Å². The van der Waals surface area contributed by atoms with Gasteiger partial charge in [0.05, 0.1) is 24.0 Å². The van der Waals surface area contributed by atoms with Crippen molar-refractivity contribution in [1.82, 2.24) is 10.9 Å². The van der Waals surface area contributed by atoms with E-state index < -0.39 is 27.6 Å². The molecule has 1 saturated heterocycles. The fourth-order valence-electron chi connectivity index (χ4n) is 2.21. The number of benzene rings is 1. The van der Waals surface area contributed by atoms with Crippen molar-refractivity contribution in [1.29, 1.82) is 0 Å². The summed E-state index contributed by atoms with van der Waals surface area (Å²) in [6.45, 7) is 0.453. The van der Waals surface area contributed by atoms with Gasteiger partial charge in [-0.15, -0.1) is 0 Å². The zero-order valence-corrected chi connectivity index (χ0v) is 13.0. The molecule has 2 rings (SSSR count). The Morgan fingerprint density at radius 3 is 2.45 bits per heavy atom. The number of sulfone groups is 1. The van der Waals surface area contributed by atoms with E-state index in [0.29, 0.717) is 12.2 Å². The van der Waals surface area contributed by atoms with Gasteiger partial charge in [-0.1, -0.05) is 12.1 Å². The average molecular weight is 326 g/mol. The molecule has 2 amide bonds. The lowest BCUT2D eigenvalue weighted by Crippen LogP contribution is -2.44. The van der Waals surface area contributed by atoms with Crippen LogP contribution in [-0.2, 0) is 26.0 Å². The van der Waals surface area contributed by atoms with E-state index in [2.05, 4.69) is 10.9 Å². The van der Waals surface area contributed by atoms with Crippen LogP contribution in [0.5, 0.6) is 0 Å². The number of carbonyl (C=O) groups is 2. The second-order valence-electron chi connectivity index (χ2n) is 5.17. The first-order valence-corrected chi connectivity index (χ1v) is 8.62. The maximum Gasteiger partial charge on any atom is 0.269 e. The van der Waals surface area contributed by atoms with Crippen molar-refractivity contribution in [2.24, 2.45) is 5.92 Å². The summed E-state index contributed by atoms with van der Waals surface area (Å²) < 4.78 is 27.6. The van der Waals surface area contributed by atoms with Gasteiger partial charge in [0.15, 0.2) is 9.84 Å². The van der Waals surface area contributed by atoms with Crippen molar-refractivity contribution in [3.8, 4) is 0 Å². The van der Waals surface area contributed by atoms with E-state index in [0.717, 1.165) is 5.56 Å². The van der Waals surface area contributed by atoms with E-state index in [4.69, 9.17) is 4.74 Å². The minimum absolute atomic E-state index is 0.0139. The van der Waals surface area contributed by atoms with Crippen LogP contribution in [0.15, 0.2) is 24.3 Å². The first-order valence-electron chi connectivity index (χ1n) is 6.80. The van der Waals surface area contributed by atoms with Gasteiger partial charge in [-0.05, 0) is 24.1 Å². The summed E-state index contributed by atoms with van der Waals surface area (Å²) in [7, 11) is -1.54. The molecule has 0 bridgehead atoms. The molecule has 1 aromatic carbocycles. The van der Waals surface area contributed by atoms with Crippen LogP contribution in [0.1, 0.15) is 22.3 Å². The SMILES string of the molecule is COCc1ccc(C(=O)NNC(=O)[C@H]2CCS(=O)(=O)C2)cc1. The Hall–Kier alpha value is -1.93.